The number of amides is 2. The van der Waals surface area contributed by atoms with Gasteiger partial charge in [0, 0.05) is 32.9 Å². The van der Waals surface area contributed by atoms with Gasteiger partial charge < -0.3 is 25.1 Å². The summed E-state index contributed by atoms with van der Waals surface area (Å²) in [6.07, 6.45) is 3.59. The molecule has 4 rings (SSSR count). The average molecular weight is 450 g/mol. The lowest BCUT2D eigenvalue weighted by atomic mass is 9.81. The van der Waals surface area contributed by atoms with E-state index >= 15 is 0 Å². The number of carbonyl (C=O) groups excluding carboxylic acids is 1. The fraction of sp³-hybridized carbons (Fsp3) is 0.360. The number of ether oxygens (including phenoxy) is 2. The van der Waals surface area contributed by atoms with Gasteiger partial charge in [-0.05, 0) is 30.5 Å². The van der Waals surface area contributed by atoms with Gasteiger partial charge in [-0.3, -0.25) is 4.90 Å². The summed E-state index contributed by atoms with van der Waals surface area (Å²) in [5, 5.41) is 5.90. The molecule has 0 bridgehead atoms. The van der Waals surface area contributed by atoms with Crippen LogP contribution in [-0.4, -0.2) is 55.3 Å². The Labute approximate surface area is 194 Å². The summed E-state index contributed by atoms with van der Waals surface area (Å²) in [6.45, 7) is 2.43. The van der Waals surface area contributed by atoms with Crippen LogP contribution in [0.25, 0.3) is 11.4 Å². The molecular weight excluding hydrogens is 418 g/mol. The molecule has 1 aliphatic rings. The monoisotopic (exact) mass is 449 g/mol. The van der Waals surface area contributed by atoms with Crippen molar-refractivity contribution in [3.8, 4) is 22.9 Å². The number of nitrogens with one attached hydrogen (secondary N) is 3. The van der Waals surface area contributed by atoms with E-state index in [0.29, 0.717) is 11.5 Å². The molecule has 3 aromatic rings. The Kier molecular flexibility index (Phi) is 6.84. The van der Waals surface area contributed by atoms with Gasteiger partial charge in [0.05, 0.1) is 31.0 Å². The van der Waals surface area contributed by atoms with Crippen molar-refractivity contribution in [2.45, 2.75) is 24.9 Å². The Morgan fingerprint density at radius 1 is 1.09 bits per heavy atom. The van der Waals surface area contributed by atoms with Crippen molar-refractivity contribution >= 4 is 6.03 Å². The first-order valence-corrected chi connectivity index (χ1v) is 11.1. The molecule has 3 N–H and O–H groups in total. The zero-order valence-electron chi connectivity index (χ0n) is 19.4. The largest absolute Gasteiger partial charge is 0.493 e. The number of methoxy groups -OCH3 is 2. The minimum absolute atomic E-state index is 0.156. The maximum Gasteiger partial charge on any atom is 0.315 e. The fourth-order valence-electron chi connectivity index (χ4n) is 4.50. The molecule has 2 heterocycles. The highest BCUT2D eigenvalue weighted by Crippen LogP contribution is 2.37. The number of hydrogen-bond acceptors (Lipinski definition) is 5. The number of aromatic amines is 1. The smallest absolute Gasteiger partial charge is 0.315 e. The minimum Gasteiger partial charge on any atom is -0.493 e. The predicted molar refractivity (Wildman–Crippen MR) is 127 cm³/mol. The first-order chi connectivity index (χ1) is 16.1. The van der Waals surface area contributed by atoms with E-state index in [-0.39, 0.29) is 11.6 Å². The van der Waals surface area contributed by atoms with Crippen molar-refractivity contribution in [1.29, 1.82) is 0 Å². The quantitative estimate of drug-likeness (QED) is 0.513. The average Bonchev–Trinajstić information content (AvgIpc) is 3.33. The SMILES string of the molecule is CNC(=O)NC1(c2ccccc2)CCN(Cc2c[nH]c(-c3cccc(OC)c3OC)n2)CC1. The standard InChI is InChI=1S/C25H31N5O3/c1-26-24(31)29-25(18-8-5-4-6-9-18)12-14-30(15-13-25)17-19-16-27-23(28-19)20-10-7-11-21(32-2)22(20)33-3/h4-11,16H,12-15,17H2,1-3H3,(H,27,28)(H2,26,29,31). The zero-order chi connectivity index (χ0) is 23.3. The number of H-pyrrole nitrogens is 1. The maximum absolute atomic E-state index is 12.2. The summed E-state index contributed by atoms with van der Waals surface area (Å²) in [6, 6.07) is 15.8. The van der Waals surface area contributed by atoms with E-state index in [4.69, 9.17) is 14.5 Å². The van der Waals surface area contributed by atoms with Gasteiger partial charge in [-0.1, -0.05) is 36.4 Å². The number of benzene rings is 2. The second kappa shape index (κ2) is 9.95. The number of hydrogen-bond donors (Lipinski definition) is 3. The van der Waals surface area contributed by atoms with Gasteiger partial charge in [0.25, 0.3) is 0 Å². The van der Waals surface area contributed by atoms with Crippen molar-refractivity contribution < 1.29 is 14.3 Å². The van der Waals surface area contributed by atoms with Gasteiger partial charge in [0.15, 0.2) is 11.5 Å². The van der Waals surface area contributed by atoms with Gasteiger partial charge in [-0.25, -0.2) is 9.78 Å². The molecule has 1 aromatic heterocycles. The van der Waals surface area contributed by atoms with E-state index in [0.717, 1.165) is 55.1 Å². The molecule has 174 valence electrons. The molecule has 8 nitrogen and oxygen atoms in total. The lowest BCUT2D eigenvalue weighted by Crippen LogP contribution is -2.54. The molecule has 1 aliphatic heterocycles. The van der Waals surface area contributed by atoms with E-state index in [1.807, 2.05) is 42.6 Å². The highest BCUT2D eigenvalue weighted by atomic mass is 16.5. The second-order valence-electron chi connectivity index (χ2n) is 8.21. The maximum atomic E-state index is 12.2. The molecular formula is C25H31N5O3. The van der Waals surface area contributed by atoms with Crippen molar-refractivity contribution in [3.05, 3.63) is 66.0 Å². The van der Waals surface area contributed by atoms with E-state index < -0.39 is 0 Å². The molecule has 1 fully saturated rings. The summed E-state index contributed by atoms with van der Waals surface area (Å²) in [4.78, 5) is 22.6. The molecule has 33 heavy (non-hydrogen) atoms. The molecule has 8 heteroatoms. The predicted octanol–water partition coefficient (Wildman–Crippen LogP) is 3.51. The summed E-state index contributed by atoms with van der Waals surface area (Å²) < 4.78 is 11.0. The molecule has 2 amide bonds. The third kappa shape index (κ3) is 4.80. The van der Waals surface area contributed by atoms with Crippen molar-refractivity contribution in [2.24, 2.45) is 0 Å². The van der Waals surface area contributed by atoms with Gasteiger partial charge >= 0.3 is 6.03 Å². The molecule has 0 spiro atoms. The van der Waals surface area contributed by atoms with Crippen LogP contribution in [0.1, 0.15) is 24.1 Å². The lowest BCUT2D eigenvalue weighted by molar-refractivity contribution is 0.131. The molecule has 1 saturated heterocycles. The van der Waals surface area contributed by atoms with Crippen molar-refractivity contribution in [1.82, 2.24) is 25.5 Å². The van der Waals surface area contributed by atoms with Crippen molar-refractivity contribution in [2.75, 3.05) is 34.4 Å². The number of nitrogens with zero attached hydrogens (tertiary/aromatic N) is 2. The van der Waals surface area contributed by atoms with E-state index in [9.17, 15) is 4.79 Å². The van der Waals surface area contributed by atoms with Crippen LogP contribution in [0.4, 0.5) is 4.79 Å². The van der Waals surface area contributed by atoms with Crippen molar-refractivity contribution in [3.63, 3.8) is 0 Å². The third-order valence-corrected chi connectivity index (χ3v) is 6.29. The molecule has 0 radical (unpaired) electrons. The van der Waals surface area contributed by atoms with Crippen LogP contribution in [-0.2, 0) is 12.1 Å². The van der Waals surface area contributed by atoms with Crippen LogP contribution in [0.2, 0.25) is 0 Å². The molecule has 0 unspecified atom stereocenters. The van der Waals surface area contributed by atoms with Crippen LogP contribution in [0.5, 0.6) is 11.5 Å². The number of rotatable bonds is 7. The van der Waals surface area contributed by atoms with Crippen LogP contribution in [0.15, 0.2) is 54.7 Å². The number of imidazole rings is 1. The number of para-hydroxylation sites is 1. The Morgan fingerprint density at radius 2 is 1.85 bits per heavy atom. The van der Waals surface area contributed by atoms with Crippen LogP contribution in [0.3, 0.4) is 0 Å². The highest BCUT2D eigenvalue weighted by Gasteiger charge is 2.37. The summed E-state index contributed by atoms with van der Waals surface area (Å²) in [5.41, 5.74) is 2.59. The Morgan fingerprint density at radius 3 is 2.52 bits per heavy atom. The topological polar surface area (TPSA) is 91.5 Å². The van der Waals surface area contributed by atoms with Gasteiger partial charge in [0.2, 0.25) is 0 Å². The Balaban J connectivity index is 1.46. The van der Waals surface area contributed by atoms with Crippen LogP contribution >= 0.6 is 0 Å². The molecule has 2 aromatic carbocycles. The first kappa shape index (κ1) is 22.7. The highest BCUT2D eigenvalue weighted by molar-refractivity contribution is 5.74. The Bertz CT molecular complexity index is 1070. The van der Waals surface area contributed by atoms with E-state index in [1.165, 1.54) is 0 Å². The molecule has 0 atom stereocenters. The lowest BCUT2D eigenvalue weighted by Gasteiger charge is -2.42. The third-order valence-electron chi connectivity index (χ3n) is 6.29. The van der Waals surface area contributed by atoms with Gasteiger partial charge in [0.1, 0.15) is 5.82 Å². The van der Waals surface area contributed by atoms with Crippen LogP contribution < -0.4 is 20.1 Å². The summed E-state index contributed by atoms with van der Waals surface area (Å²) >= 11 is 0. The van der Waals surface area contributed by atoms with Gasteiger partial charge in [-0.2, -0.15) is 0 Å². The first-order valence-electron chi connectivity index (χ1n) is 11.1. The normalized spacial score (nSPS) is 15.6. The number of carbonyl (C=O) groups is 1. The van der Waals surface area contributed by atoms with Crippen LogP contribution in [0, 0.1) is 0 Å². The zero-order valence-corrected chi connectivity index (χ0v) is 19.4. The summed E-state index contributed by atoms with van der Waals surface area (Å²) in [7, 11) is 4.90. The van der Waals surface area contributed by atoms with E-state index in [2.05, 4.69) is 32.7 Å². The molecule has 0 aliphatic carbocycles. The number of likely N-dealkylation sites (tertiary alicyclic amines) is 1. The molecule has 0 saturated carbocycles. The minimum atomic E-state index is -0.372. The fourth-order valence-corrected chi connectivity index (χ4v) is 4.50. The number of urea groups is 1. The Hall–Kier alpha value is -3.52. The number of piperidine rings is 1. The van der Waals surface area contributed by atoms with E-state index in [1.54, 1.807) is 21.3 Å². The number of aromatic nitrogens is 2. The second-order valence-corrected chi connectivity index (χ2v) is 8.21. The van der Waals surface area contributed by atoms with Gasteiger partial charge in [-0.15, -0.1) is 0 Å². The summed E-state index contributed by atoms with van der Waals surface area (Å²) in [5.74, 6) is 2.08.